The van der Waals surface area contributed by atoms with Crippen LogP contribution in [0.5, 0.6) is 0 Å². The molecular formula is C10H17N3O3S. The minimum absolute atomic E-state index is 0.0308. The first kappa shape index (κ1) is 12.5. The second-order valence-corrected chi connectivity index (χ2v) is 5.38. The van der Waals surface area contributed by atoms with E-state index in [9.17, 15) is 4.79 Å². The first-order valence-electron chi connectivity index (χ1n) is 5.68. The lowest BCUT2D eigenvalue weighted by Gasteiger charge is -2.33. The summed E-state index contributed by atoms with van der Waals surface area (Å²) in [5, 5.41) is 11.5. The summed E-state index contributed by atoms with van der Waals surface area (Å²) in [4.78, 5) is 13.9. The quantitative estimate of drug-likeness (QED) is 0.308. The fourth-order valence-corrected chi connectivity index (χ4v) is 3.29. The van der Waals surface area contributed by atoms with Crippen LogP contribution in [0.4, 0.5) is 0 Å². The summed E-state index contributed by atoms with van der Waals surface area (Å²) >= 11 is 1.82. The molecular weight excluding hydrogens is 242 g/mol. The van der Waals surface area contributed by atoms with Gasteiger partial charge in [0, 0.05) is 18.2 Å². The molecule has 0 saturated carbocycles. The lowest BCUT2D eigenvalue weighted by Crippen LogP contribution is -2.52. The molecule has 2 aliphatic heterocycles. The van der Waals surface area contributed by atoms with E-state index in [-0.39, 0.29) is 17.7 Å². The van der Waals surface area contributed by atoms with Gasteiger partial charge < -0.3 is 20.6 Å². The van der Waals surface area contributed by atoms with Crippen molar-refractivity contribution in [2.24, 2.45) is 16.8 Å². The Hall–Kier alpha value is -0.950. The number of oxime groups is 1. The first-order valence-corrected chi connectivity index (χ1v) is 6.83. The van der Waals surface area contributed by atoms with Crippen molar-refractivity contribution in [1.29, 1.82) is 0 Å². The van der Waals surface area contributed by atoms with E-state index in [0.717, 1.165) is 17.9 Å². The van der Waals surface area contributed by atoms with Crippen LogP contribution in [0.2, 0.25) is 0 Å². The Labute approximate surface area is 104 Å². The molecule has 96 valence electrons. The van der Waals surface area contributed by atoms with E-state index in [0.29, 0.717) is 19.7 Å². The van der Waals surface area contributed by atoms with Gasteiger partial charge in [-0.15, -0.1) is 0 Å². The van der Waals surface area contributed by atoms with E-state index >= 15 is 0 Å². The minimum Gasteiger partial charge on any atom is -0.409 e. The second-order valence-electron chi connectivity index (χ2n) is 4.23. The van der Waals surface area contributed by atoms with Crippen molar-refractivity contribution < 1.29 is 14.7 Å². The van der Waals surface area contributed by atoms with Crippen molar-refractivity contribution >= 4 is 23.5 Å². The number of ether oxygens (including phenoxy) is 1. The molecule has 17 heavy (non-hydrogen) atoms. The van der Waals surface area contributed by atoms with Crippen LogP contribution in [0.1, 0.15) is 6.42 Å². The fraction of sp³-hybridized carbons (Fsp3) is 0.800. The van der Waals surface area contributed by atoms with Gasteiger partial charge in [-0.05, 0) is 12.2 Å². The standard InChI is InChI=1S/C10H17N3O3S/c11-9(12-15)8-5-13(2-3-16-8)10(14)7-1-4-17-6-7/h7-8,15H,1-6H2,(H2,11,12). The Kier molecular flexibility index (Phi) is 4.11. The Bertz CT molecular complexity index is 318. The van der Waals surface area contributed by atoms with Crippen LogP contribution >= 0.6 is 11.8 Å². The second kappa shape index (κ2) is 5.59. The van der Waals surface area contributed by atoms with Gasteiger partial charge >= 0.3 is 0 Å². The molecule has 0 radical (unpaired) electrons. The molecule has 6 nitrogen and oxygen atoms in total. The molecule has 2 rings (SSSR count). The van der Waals surface area contributed by atoms with Crippen molar-refractivity contribution in [2.75, 3.05) is 31.2 Å². The van der Waals surface area contributed by atoms with Gasteiger partial charge in [0.1, 0.15) is 6.10 Å². The summed E-state index contributed by atoms with van der Waals surface area (Å²) < 4.78 is 5.36. The highest BCUT2D eigenvalue weighted by Gasteiger charge is 2.32. The van der Waals surface area contributed by atoms with Gasteiger partial charge in [0.15, 0.2) is 5.84 Å². The molecule has 0 aromatic rings. The summed E-state index contributed by atoms with van der Waals surface area (Å²) in [6.07, 6.45) is 0.474. The number of thioether (sulfide) groups is 1. The van der Waals surface area contributed by atoms with Gasteiger partial charge in [0.2, 0.25) is 5.91 Å². The number of amides is 1. The maximum atomic E-state index is 12.2. The first-order chi connectivity index (χ1) is 8.22. The van der Waals surface area contributed by atoms with Crippen LogP contribution in [0, 0.1) is 5.92 Å². The number of hydrogen-bond acceptors (Lipinski definition) is 5. The number of nitrogens with two attached hydrogens (primary N) is 1. The average molecular weight is 259 g/mol. The Balaban J connectivity index is 1.94. The molecule has 2 fully saturated rings. The lowest BCUT2D eigenvalue weighted by molar-refractivity contribution is -0.140. The van der Waals surface area contributed by atoms with Gasteiger partial charge in [-0.2, -0.15) is 11.8 Å². The third kappa shape index (κ3) is 2.84. The topological polar surface area (TPSA) is 88.2 Å². The maximum absolute atomic E-state index is 12.2. The van der Waals surface area contributed by atoms with Crippen molar-refractivity contribution in [3.63, 3.8) is 0 Å². The van der Waals surface area contributed by atoms with Crippen molar-refractivity contribution in [3.05, 3.63) is 0 Å². The zero-order valence-electron chi connectivity index (χ0n) is 9.54. The van der Waals surface area contributed by atoms with E-state index in [4.69, 9.17) is 15.7 Å². The molecule has 0 bridgehead atoms. The van der Waals surface area contributed by atoms with Crippen LogP contribution < -0.4 is 5.73 Å². The largest absolute Gasteiger partial charge is 0.409 e. The zero-order chi connectivity index (χ0) is 12.3. The van der Waals surface area contributed by atoms with Crippen LogP contribution in [0.25, 0.3) is 0 Å². The number of hydrogen-bond donors (Lipinski definition) is 2. The Morgan fingerprint density at radius 2 is 2.41 bits per heavy atom. The molecule has 0 aromatic carbocycles. The number of amidine groups is 1. The average Bonchev–Trinajstić information content (AvgIpc) is 2.91. The lowest BCUT2D eigenvalue weighted by atomic mass is 10.1. The Morgan fingerprint density at radius 1 is 1.59 bits per heavy atom. The monoisotopic (exact) mass is 259 g/mol. The summed E-state index contributed by atoms with van der Waals surface area (Å²) in [5.74, 6) is 2.30. The predicted octanol–water partition coefficient (Wildman–Crippen LogP) is -0.287. The molecule has 0 spiro atoms. The summed E-state index contributed by atoms with van der Waals surface area (Å²) in [6, 6.07) is 0. The normalized spacial score (nSPS) is 30.6. The van der Waals surface area contributed by atoms with Gasteiger partial charge in [-0.3, -0.25) is 4.79 Å². The van der Waals surface area contributed by atoms with E-state index in [2.05, 4.69) is 5.16 Å². The molecule has 2 atom stereocenters. The minimum atomic E-state index is -0.480. The molecule has 0 aliphatic carbocycles. The molecule has 0 aromatic heterocycles. The molecule has 7 heteroatoms. The van der Waals surface area contributed by atoms with Crippen molar-refractivity contribution in [2.45, 2.75) is 12.5 Å². The zero-order valence-corrected chi connectivity index (χ0v) is 10.4. The molecule has 3 N–H and O–H groups in total. The summed E-state index contributed by atoms with van der Waals surface area (Å²) in [6.45, 7) is 1.41. The highest BCUT2D eigenvalue weighted by atomic mass is 32.2. The van der Waals surface area contributed by atoms with Gasteiger partial charge in [-0.1, -0.05) is 5.16 Å². The molecule has 2 unspecified atom stereocenters. The van der Waals surface area contributed by atoms with Crippen molar-refractivity contribution in [1.82, 2.24) is 4.90 Å². The molecule has 2 aliphatic rings. The van der Waals surface area contributed by atoms with Gasteiger partial charge in [-0.25, -0.2) is 0 Å². The SMILES string of the molecule is NC(=NO)C1CN(C(=O)C2CCSC2)CCO1. The number of morpholine rings is 1. The van der Waals surface area contributed by atoms with E-state index in [1.807, 2.05) is 11.8 Å². The van der Waals surface area contributed by atoms with E-state index < -0.39 is 6.10 Å². The van der Waals surface area contributed by atoms with Crippen LogP contribution in [0.15, 0.2) is 5.16 Å². The third-order valence-electron chi connectivity index (χ3n) is 3.10. The smallest absolute Gasteiger partial charge is 0.226 e. The summed E-state index contributed by atoms with van der Waals surface area (Å²) in [5.41, 5.74) is 5.50. The Morgan fingerprint density at radius 3 is 3.06 bits per heavy atom. The van der Waals surface area contributed by atoms with Gasteiger partial charge in [0.25, 0.3) is 0 Å². The van der Waals surface area contributed by atoms with Crippen molar-refractivity contribution in [3.8, 4) is 0 Å². The van der Waals surface area contributed by atoms with Crippen LogP contribution in [-0.4, -0.2) is 59.2 Å². The molecule has 2 heterocycles. The molecule has 1 amide bonds. The highest BCUT2D eigenvalue weighted by Crippen LogP contribution is 2.25. The predicted molar refractivity (Wildman–Crippen MR) is 65.2 cm³/mol. The molecule has 2 saturated heterocycles. The number of nitrogens with zero attached hydrogens (tertiary/aromatic N) is 2. The summed E-state index contributed by atoms with van der Waals surface area (Å²) in [7, 11) is 0. The number of rotatable bonds is 2. The fourth-order valence-electron chi connectivity index (χ4n) is 2.08. The van der Waals surface area contributed by atoms with E-state index in [1.54, 1.807) is 4.90 Å². The maximum Gasteiger partial charge on any atom is 0.226 e. The van der Waals surface area contributed by atoms with Crippen LogP contribution in [0.3, 0.4) is 0 Å². The van der Waals surface area contributed by atoms with Gasteiger partial charge in [0.05, 0.1) is 13.2 Å². The van der Waals surface area contributed by atoms with Crippen LogP contribution in [-0.2, 0) is 9.53 Å². The third-order valence-corrected chi connectivity index (χ3v) is 4.26. The number of carbonyl (C=O) groups excluding carboxylic acids is 1. The highest BCUT2D eigenvalue weighted by molar-refractivity contribution is 7.99. The van der Waals surface area contributed by atoms with E-state index in [1.165, 1.54) is 0 Å². The number of carbonyl (C=O) groups is 1.